The summed E-state index contributed by atoms with van der Waals surface area (Å²) in [7, 11) is 0. The van der Waals surface area contributed by atoms with Crippen LogP contribution in [0.2, 0.25) is 0 Å². The molecule has 45 heavy (non-hydrogen) atoms. The molecular weight excluding hydrogens is 600 g/mol. The van der Waals surface area contributed by atoms with Gasteiger partial charge < -0.3 is 14.8 Å². The van der Waals surface area contributed by atoms with Crippen molar-refractivity contribution in [3.05, 3.63) is 89.5 Å². The summed E-state index contributed by atoms with van der Waals surface area (Å²) < 4.78 is 87.5. The Morgan fingerprint density at radius 1 is 0.778 bits per heavy atom. The van der Waals surface area contributed by atoms with Gasteiger partial charge in [0.1, 0.15) is 11.4 Å². The summed E-state index contributed by atoms with van der Waals surface area (Å²) in [5.41, 5.74) is 1.91. The Hall–Kier alpha value is -4.02. The highest BCUT2D eigenvalue weighted by Crippen LogP contribution is 2.50. The van der Waals surface area contributed by atoms with Crippen LogP contribution in [0.3, 0.4) is 0 Å². The maximum atomic E-state index is 13.6. The first kappa shape index (κ1) is 33.9. The van der Waals surface area contributed by atoms with Crippen molar-refractivity contribution in [1.82, 2.24) is 5.32 Å². The number of hydrogen-bond acceptors (Lipinski definition) is 4. The van der Waals surface area contributed by atoms with Crippen LogP contribution >= 0.6 is 0 Å². The number of rotatable bonds is 8. The van der Waals surface area contributed by atoms with Gasteiger partial charge >= 0.3 is 18.5 Å². The van der Waals surface area contributed by atoms with E-state index >= 15 is 0 Å². The molecule has 0 bridgehead atoms. The molecule has 242 valence electrons. The lowest BCUT2D eigenvalue weighted by Crippen LogP contribution is -2.37. The molecule has 1 fully saturated rings. The highest BCUT2D eigenvalue weighted by atomic mass is 19.4. The lowest BCUT2D eigenvalue weighted by molar-refractivity contribution is -0.274. The van der Waals surface area contributed by atoms with Crippen molar-refractivity contribution in [1.29, 1.82) is 0 Å². The third-order valence-electron chi connectivity index (χ3n) is 7.90. The first-order valence-electron chi connectivity index (χ1n) is 14.6. The average Bonchev–Trinajstić information content (AvgIpc) is 2.95. The highest BCUT2D eigenvalue weighted by molar-refractivity contribution is 5.94. The monoisotopic (exact) mass is 635 g/mol. The molecule has 0 heterocycles. The van der Waals surface area contributed by atoms with E-state index < -0.39 is 41.3 Å². The number of carbonyl (C=O) groups excluding carboxylic acids is 2. The average molecular weight is 636 g/mol. The summed E-state index contributed by atoms with van der Waals surface area (Å²) >= 11 is 0. The van der Waals surface area contributed by atoms with E-state index in [2.05, 4.69) is 10.1 Å². The van der Waals surface area contributed by atoms with E-state index in [1.807, 2.05) is 12.1 Å². The van der Waals surface area contributed by atoms with Gasteiger partial charge in [-0.15, -0.1) is 13.2 Å². The van der Waals surface area contributed by atoms with Crippen LogP contribution in [0.4, 0.5) is 26.3 Å². The summed E-state index contributed by atoms with van der Waals surface area (Å²) in [6.07, 6.45) is -8.72. The molecule has 1 aliphatic rings. The molecule has 5 nitrogen and oxygen atoms in total. The standard InChI is InChI=1S/C34H35F6NO4/c1-31(2,3)45-29(42)18-21-41-30(43)24-6-12-26(13-7-24)32(19-16-27(17-20-32)33(35,36)37)25-10-4-22(5-11-25)23-8-14-28(15-9-23)44-34(38,39)40/h4-15,27H,16-21H2,1-3H3,(H,41,43). The topological polar surface area (TPSA) is 64.6 Å². The van der Waals surface area contributed by atoms with E-state index in [0.29, 0.717) is 11.1 Å². The van der Waals surface area contributed by atoms with Crippen molar-refractivity contribution in [3.8, 4) is 16.9 Å². The van der Waals surface area contributed by atoms with E-state index in [9.17, 15) is 35.9 Å². The zero-order valence-electron chi connectivity index (χ0n) is 25.1. The number of esters is 1. The molecule has 0 saturated heterocycles. The molecular formula is C34H35F6NO4. The maximum absolute atomic E-state index is 13.6. The molecule has 4 rings (SSSR count). The molecule has 0 aliphatic heterocycles. The molecule has 0 aromatic heterocycles. The zero-order chi connectivity index (χ0) is 33.0. The largest absolute Gasteiger partial charge is 0.573 e. The number of nitrogens with one attached hydrogen (secondary N) is 1. The summed E-state index contributed by atoms with van der Waals surface area (Å²) in [4.78, 5) is 24.6. The maximum Gasteiger partial charge on any atom is 0.573 e. The van der Waals surface area contributed by atoms with Gasteiger partial charge in [0.2, 0.25) is 0 Å². The molecule has 3 aromatic carbocycles. The fourth-order valence-corrected chi connectivity index (χ4v) is 5.73. The minimum absolute atomic E-state index is 0.00600. The van der Waals surface area contributed by atoms with Gasteiger partial charge in [0.05, 0.1) is 12.3 Å². The molecule has 0 atom stereocenters. The van der Waals surface area contributed by atoms with Crippen LogP contribution in [0, 0.1) is 5.92 Å². The predicted octanol–water partition coefficient (Wildman–Crippen LogP) is 8.75. The lowest BCUT2D eigenvalue weighted by atomic mass is 9.63. The number of carbonyl (C=O) groups is 2. The summed E-state index contributed by atoms with van der Waals surface area (Å²) in [5, 5.41) is 2.69. The number of alkyl halides is 6. The van der Waals surface area contributed by atoms with Gasteiger partial charge in [0, 0.05) is 17.5 Å². The first-order chi connectivity index (χ1) is 21.0. The van der Waals surface area contributed by atoms with Gasteiger partial charge in [-0.05, 0) is 93.0 Å². The van der Waals surface area contributed by atoms with Crippen LogP contribution in [0.25, 0.3) is 11.1 Å². The molecule has 1 aliphatic carbocycles. The van der Waals surface area contributed by atoms with Gasteiger partial charge in [-0.25, -0.2) is 0 Å². The van der Waals surface area contributed by atoms with E-state index in [1.54, 1.807) is 57.2 Å². The van der Waals surface area contributed by atoms with Crippen LogP contribution in [0.15, 0.2) is 72.8 Å². The first-order valence-corrected chi connectivity index (χ1v) is 14.6. The van der Waals surface area contributed by atoms with Crippen molar-refractivity contribution >= 4 is 11.9 Å². The smallest absolute Gasteiger partial charge is 0.460 e. The zero-order valence-corrected chi connectivity index (χ0v) is 25.1. The van der Waals surface area contributed by atoms with E-state index in [1.165, 1.54) is 24.3 Å². The van der Waals surface area contributed by atoms with Crippen molar-refractivity contribution < 1.29 is 45.4 Å². The number of halogens is 6. The Balaban J connectivity index is 1.53. The van der Waals surface area contributed by atoms with Crippen molar-refractivity contribution in [3.63, 3.8) is 0 Å². The molecule has 1 amide bonds. The minimum atomic E-state index is -4.80. The van der Waals surface area contributed by atoms with Gasteiger partial charge in [-0.2, -0.15) is 13.2 Å². The van der Waals surface area contributed by atoms with Crippen molar-refractivity contribution in [2.24, 2.45) is 5.92 Å². The minimum Gasteiger partial charge on any atom is -0.460 e. The Bertz CT molecular complexity index is 1450. The number of hydrogen-bond donors (Lipinski definition) is 1. The summed E-state index contributed by atoms with van der Waals surface area (Å²) in [6.45, 7) is 5.34. The number of benzene rings is 3. The van der Waals surface area contributed by atoms with Crippen LogP contribution in [0.5, 0.6) is 5.75 Å². The fraction of sp³-hybridized carbons (Fsp3) is 0.412. The fourth-order valence-electron chi connectivity index (χ4n) is 5.73. The second kappa shape index (κ2) is 13.1. The summed E-state index contributed by atoms with van der Waals surface area (Å²) in [5.74, 6) is -2.58. The highest BCUT2D eigenvalue weighted by Gasteiger charge is 2.47. The van der Waals surface area contributed by atoms with Crippen LogP contribution in [0.1, 0.15) is 74.4 Å². The van der Waals surface area contributed by atoms with E-state index in [0.717, 1.165) is 16.7 Å². The van der Waals surface area contributed by atoms with Crippen LogP contribution < -0.4 is 10.1 Å². The molecule has 3 aromatic rings. The van der Waals surface area contributed by atoms with Gasteiger partial charge in [-0.1, -0.05) is 48.5 Å². The lowest BCUT2D eigenvalue weighted by Gasteiger charge is -2.42. The Kier molecular flexibility index (Phi) is 9.89. The van der Waals surface area contributed by atoms with E-state index in [-0.39, 0.29) is 44.4 Å². The second-order valence-corrected chi connectivity index (χ2v) is 12.2. The van der Waals surface area contributed by atoms with Gasteiger partial charge in [0.15, 0.2) is 0 Å². The summed E-state index contributed by atoms with van der Waals surface area (Å²) in [6, 6.07) is 19.4. The number of ether oxygens (including phenoxy) is 2. The Labute approximate surface area is 257 Å². The SMILES string of the molecule is CC(C)(C)OC(=O)CCNC(=O)c1ccc(C2(c3ccc(-c4ccc(OC(F)(F)F)cc4)cc3)CCC(C(F)(F)F)CC2)cc1. The number of amides is 1. The molecule has 1 saturated carbocycles. The normalized spacial score (nSPS) is 19.1. The van der Waals surface area contributed by atoms with Crippen molar-refractivity contribution in [2.75, 3.05) is 6.54 Å². The Morgan fingerprint density at radius 3 is 1.73 bits per heavy atom. The van der Waals surface area contributed by atoms with Crippen molar-refractivity contribution in [2.45, 2.75) is 76.4 Å². The molecule has 11 heteroatoms. The molecule has 0 unspecified atom stereocenters. The molecule has 1 N–H and O–H groups in total. The van der Waals surface area contributed by atoms with Crippen LogP contribution in [-0.2, 0) is 14.9 Å². The van der Waals surface area contributed by atoms with Gasteiger partial charge in [-0.3, -0.25) is 9.59 Å². The van der Waals surface area contributed by atoms with E-state index in [4.69, 9.17) is 4.74 Å². The Morgan fingerprint density at radius 2 is 1.27 bits per heavy atom. The van der Waals surface area contributed by atoms with Gasteiger partial charge in [0.25, 0.3) is 5.91 Å². The molecule has 0 radical (unpaired) electrons. The third-order valence-corrected chi connectivity index (χ3v) is 7.90. The third kappa shape index (κ3) is 9.02. The van der Waals surface area contributed by atoms with Crippen LogP contribution in [-0.4, -0.2) is 36.6 Å². The predicted molar refractivity (Wildman–Crippen MR) is 157 cm³/mol. The quantitative estimate of drug-likeness (QED) is 0.199. The molecule has 0 spiro atoms. The second-order valence-electron chi connectivity index (χ2n) is 12.2.